The maximum atomic E-state index is 13.6. The molecule has 0 spiro atoms. The number of halogens is 3. The number of rotatable bonds is 1. The van der Waals surface area contributed by atoms with Crippen LogP contribution < -0.4 is 5.32 Å². The zero-order valence-corrected chi connectivity index (χ0v) is 9.12. The Hall–Kier alpha value is -1.03. The van der Waals surface area contributed by atoms with E-state index in [9.17, 15) is 13.2 Å². The maximum absolute atomic E-state index is 13.6. The molecule has 1 aromatic rings. The molecule has 0 aliphatic carbocycles. The van der Waals surface area contributed by atoms with Crippen molar-refractivity contribution in [3.05, 3.63) is 35.1 Å². The Bertz CT molecular complexity index is 397. The summed E-state index contributed by atoms with van der Waals surface area (Å²) in [6, 6.07) is 2.34. The molecule has 88 valence electrons. The van der Waals surface area contributed by atoms with Gasteiger partial charge in [0, 0.05) is 12.0 Å². The summed E-state index contributed by atoms with van der Waals surface area (Å²) < 4.78 is 39.6. The van der Waals surface area contributed by atoms with Gasteiger partial charge in [0.1, 0.15) is 0 Å². The molecule has 1 aromatic carbocycles. The van der Waals surface area contributed by atoms with Crippen LogP contribution in [0.25, 0.3) is 0 Å². The molecule has 0 aromatic heterocycles. The first-order valence-corrected chi connectivity index (χ1v) is 5.39. The zero-order chi connectivity index (χ0) is 11.8. The van der Waals surface area contributed by atoms with Crippen molar-refractivity contribution in [3.63, 3.8) is 0 Å². The monoisotopic (exact) mass is 229 g/mol. The van der Waals surface area contributed by atoms with Gasteiger partial charge in [0.15, 0.2) is 17.5 Å². The number of nitrogens with one attached hydrogen (secondary N) is 1. The maximum Gasteiger partial charge on any atom is 0.194 e. The second-order valence-electron chi connectivity index (χ2n) is 4.56. The fourth-order valence-electron chi connectivity index (χ4n) is 2.28. The third-order valence-electron chi connectivity index (χ3n) is 3.28. The van der Waals surface area contributed by atoms with Crippen molar-refractivity contribution in [1.29, 1.82) is 0 Å². The minimum atomic E-state index is -1.37. The highest BCUT2D eigenvalue weighted by molar-refractivity contribution is 5.29. The van der Waals surface area contributed by atoms with E-state index in [1.165, 1.54) is 6.07 Å². The number of benzene rings is 1. The van der Waals surface area contributed by atoms with E-state index in [0.29, 0.717) is 6.54 Å². The molecule has 0 saturated carbocycles. The largest absolute Gasteiger partial charge is 0.316 e. The fraction of sp³-hybridized carbons (Fsp3) is 0.500. The van der Waals surface area contributed by atoms with Gasteiger partial charge in [0.25, 0.3) is 0 Å². The summed E-state index contributed by atoms with van der Waals surface area (Å²) in [4.78, 5) is 0. The van der Waals surface area contributed by atoms with Gasteiger partial charge in [-0.1, -0.05) is 13.0 Å². The molecule has 1 aliphatic heterocycles. The first kappa shape index (κ1) is 11.5. The summed E-state index contributed by atoms with van der Waals surface area (Å²) in [5.41, 5.74) is -0.185. The molecule has 0 amide bonds. The molecule has 1 N–H and O–H groups in total. The van der Waals surface area contributed by atoms with Gasteiger partial charge in [-0.25, -0.2) is 13.2 Å². The highest BCUT2D eigenvalue weighted by Gasteiger charge is 2.32. The van der Waals surface area contributed by atoms with Crippen molar-refractivity contribution in [3.8, 4) is 0 Å². The Morgan fingerprint density at radius 3 is 2.56 bits per heavy atom. The van der Waals surface area contributed by atoms with E-state index in [2.05, 4.69) is 5.32 Å². The Labute approximate surface area is 92.7 Å². The molecule has 1 atom stereocenters. The van der Waals surface area contributed by atoms with Gasteiger partial charge in [0.2, 0.25) is 0 Å². The summed E-state index contributed by atoms with van der Waals surface area (Å²) in [6.45, 7) is 3.35. The van der Waals surface area contributed by atoms with Crippen LogP contribution in [-0.4, -0.2) is 13.1 Å². The lowest BCUT2D eigenvalue weighted by molar-refractivity contribution is 0.320. The first-order chi connectivity index (χ1) is 7.54. The quantitative estimate of drug-likeness (QED) is 0.730. The van der Waals surface area contributed by atoms with Crippen LogP contribution in [0, 0.1) is 17.5 Å². The summed E-state index contributed by atoms with van der Waals surface area (Å²) in [5.74, 6) is -3.55. The highest BCUT2D eigenvalue weighted by Crippen LogP contribution is 2.33. The van der Waals surface area contributed by atoms with Gasteiger partial charge in [-0.05, 0) is 31.0 Å². The smallest absolute Gasteiger partial charge is 0.194 e. The summed E-state index contributed by atoms with van der Waals surface area (Å²) in [6.07, 6.45) is 1.69. The summed E-state index contributed by atoms with van der Waals surface area (Å²) in [5, 5.41) is 3.15. The van der Waals surface area contributed by atoms with Gasteiger partial charge >= 0.3 is 0 Å². The summed E-state index contributed by atoms with van der Waals surface area (Å²) >= 11 is 0. The second kappa shape index (κ2) is 4.09. The van der Waals surface area contributed by atoms with Crippen LogP contribution in [-0.2, 0) is 5.41 Å². The van der Waals surface area contributed by atoms with Crippen LogP contribution >= 0.6 is 0 Å². The second-order valence-corrected chi connectivity index (χ2v) is 4.56. The van der Waals surface area contributed by atoms with Crippen LogP contribution in [0.15, 0.2) is 12.1 Å². The highest BCUT2D eigenvalue weighted by atomic mass is 19.2. The third kappa shape index (κ3) is 1.82. The lowest BCUT2D eigenvalue weighted by Crippen LogP contribution is -2.41. The molecule has 1 fully saturated rings. The molecule has 1 aliphatic rings. The number of hydrogen-bond acceptors (Lipinski definition) is 1. The molecule has 2 rings (SSSR count). The van der Waals surface area contributed by atoms with E-state index >= 15 is 0 Å². The van der Waals surface area contributed by atoms with Gasteiger partial charge in [-0.3, -0.25) is 0 Å². The van der Waals surface area contributed by atoms with Crippen molar-refractivity contribution < 1.29 is 13.2 Å². The molecule has 1 heterocycles. The van der Waals surface area contributed by atoms with E-state index in [1.807, 2.05) is 6.92 Å². The third-order valence-corrected chi connectivity index (χ3v) is 3.28. The van der Waals surface area contributed by atoms with Crippen LogP contribution in [0.4, 0.5) is 13.2 Å². The van der Waals surface area contributed by atoms with Crippen molar-refractivity contribution in [2.45, 2.75) is 25.2 Å². The van der Waals surface area contributed by atoms with E-state index in [0.717, 1.165) is 25.5 Å². The SMILES string of the molecule is CC1(c2ccc(F)c(F)c2F)CCCNC1. The van der Waals surface area contributed by atoms with Crippen LogP contribution in [0.2, 0.25) is 0 Å². The van der Waals surface area contributed by atoms with Crippen molar-refractivity contribution in [1.82, 2.24) is 5.32 Å². The number of hydrogen-bond donors (Lipinski definition) is 1. The average molecular weight is 229 g/mol. The molecule has 16 heavy (non-hydrogen) atoms. The Kier molecular flexibility index (Phi) is 2.93. The molecular formula is C12H14F3N. The van der Waals surface area contributed by atoms with Crippen molar-refractivity contribution >= 4 is 0 Å². The van der Waals surface area contributed by atoms with E-state index in [-0.39, 0.29) is 5.56 Å². The fourth-order valence-corrected chi connectivity index (χ4v) is 2.28. The lowest BCUT2D eigenvalue weighted by Gasteiger charge is -2.34. The van der Waals surface area contributed by atoms with Gasteiger partial charge in [0.05, 0.1) is 0 Å². The van der Waals surface area contributed by atoms with Gasteiger partial charge in [-0.2, -0.15) is 0 Å². The average Bonchev–Trinajstić information content (AvgIpc) is 2.27. The predicted molar refractivity (Wildman–Crippen MR) is 55.8 cm³/mol. The van der Waals surface area contributed by atoms with Gasteiger partial charge in [-0.15, -0.1) is 0 Å². The Balaban J connectivity index is 2.43. The Morgan fingerprint density at radius 1 is 1.19 bits per heavy atom. The lowest BCUT2D eigenvalue weighted by atomic mass is 9.76. The van der Waals surface area contributed by atoms with Gasteiger partial charge < -0.3 is 5.32 Å². The van der Waals surface area contributed by atoms with Crippen molar-refractivity contribution in [2.75, 3.05) is 13.1 Å². The van der Waals surface area contributed by atoms with Crippen LogP contribution in [0.5, 0.6) is 0 Å². The molecule has 4 heteroatoms. The van der Waals surface area contributed by atoms with Crippen LogP contribution in [0.1, 0.15) is 25.3 Å². The number of piperidine rings is 1. The summed E-state index contributed by atoms with van der Waals surface area (Å²) in [7, 11) is 0. The van der Waals surface area contributed by atoms with E-state index in [4.69, 9.17) is 0 Å². The standard InChI is InChI=1S/C12H14F3N/c1-12(5-2-6-16-7-12)8-3-4-9(13)11(15)10(8)14/h3-4,16H,2,5-7H2,1H3. The van der Waals surface area contributed by atoms with E-state index < -0.39 is 22.9 Å². The zero-order valence-electron chi connectivity index (χ0n) is 9.12. The van der Waals surface area contributed by atoms with Crippen molar-refractivity contribution in [2.24, 2.45) is 0 Å². The molecule has 0 bridgehead atoms. The molecule has 1 unspecified atom stereocenters. The minimum Gasteiger partial charge on any atom is -0.316 e. The minimum absolute atomic E-state index is 0.263. The molecular weight excluding hydrogens is 215 g/mol. The molecule has 1 saturated heterocycles. The normalized spacial score (nSPS) is 25.8. The predicted octanol–water partition coefficient (Wildman–Crippen LogP) is 2.75. The molecule has 0 radical (unpaired) electrons. The molecule has 1 nitrogen and oxygen atoms in total. The van der Waals surface area contributed by atoms with E-state index in [1.54, 1.807) is 0 Å². The first-order valence-electron chi connectivity index (χ1n) is 5.39. The van der Waals surface area contributed by atoms with Crippen LogP contribution in [0.3, 0.4) is 0 Å². The topological polar surface area (TPSA) is 12.0 Å². The Morgan fingerprint density at radius 2 is 1.94 bits per heavy atom.